The Kier molecular flexibility index (Phi) is 2.97. The van der Waals surface area contributed by atoms with Gasteiger partial charge in [0, 0.05) is 12.6 Å². The van der Waals surface area contributed by atoms with Gasteiger partial charge in [0.25, 0.3) is 0 Å². The quantitative estimate of drug-likeness (QED) is 0.640. The molecule has 1 aromatic heterocycles. The smallest absolute Gasteiger partial charge is 0.181 e. The maximum atomic E-state index is 11.4. The van der Waals surface area contributed by atoms with Gasteiger partial charge in [0.05, 0.1) is 0 Å². The minimum atomic E-state index is 0.130. The lowest BCUT2D eigenvalue weighted by Gasteiger charge is -2.01. The van der Waals surface area contributed by atoms with E-state index in [0.29, 0.717) is 18.0 Å². The van der Waals surface area contributed by atoms with Gasteiger partial charge in [-0.3, -0.25) is 9.78 Å². The van der Waals surface area contributed by atoms with Gasteiger partial charge in [-0.25, -0.2) is 0 Å². The standard InChI is InChI=1S/C10H13NO/c1-8(2)7-10(12)9-5-3-4-6-11-9/h3-6,8H,7H2,1-2H3. The number of pyridine rings is 1. The molecule has 1 aromatic rings. The number of hydrogen-bond donors (Lipinski definition) is 0. The first-order chi connectivity index (χ1) is 5.70. The Bertz CT molecular complexity index is 254. The molecule has 12 heavy (non-hydrogen) atoms. The number of aromatic nitrogens is 1. The van der Waals surface area contributed by atoms with E-state index in [-0.39, 0.29) is 5.78 Å². The van der Waals surface area contributed by atoms with E-state index in [0.717, 1.165) is 0 Å². The Balaban J connectivity index is 2.66. The van der Waals surface area contributed by atoms with Gasteiger partial charge >= 0.3 is 0 Å². The van der Waals surface area contributed by atoms with Crippen LogP contribution in [0.15, 0.2) is 24.4 Å². The van der Waals surface area contributed by atoms with Crippen molar-refractivity contribution in [3.05, 3.63) is 30.1 Å². The van der Waals surface area contributed by atoms with Crippen LogP contribution in [0.25, 0.3) is 0 Å². The van der Waals surface area contributed by atoms with Gasteiger partial charge in [0.2, 0.25) is 0 Å². The molecule has 0 bridgehead atoms. The molecule has 0 N–H and O–H groups in total. The monoisotopic (exact) mass is 163 g/mol. The maximum absolute atomic E-state index is 11.4. The van der Waals surface area contributed by atoms with Gasteiger partial charge in [0.15, 0.2) is 5.78 Å². The van der Waals surface area contributed by atoms with Crippen molar-refractivity contribution in [1.29, 1.82) is 0 Å². The van der Waals surface area contributed by atoms with Crippen LogP contribution in [0, 0.1) is 5.92 Å². The average molecular weight is 163 g/mol. The maximum Gasteiger partial charge on any atom is 0.181 e. The lowest BCUT2D eigenvalue weighted by molar-refractivity contribution is 0.0963. The molecule has 0 fully saturated rings. The number of carbonyl (C=O) groups excluding carboxylic acids is 1. The zero-order chi connectivity index (χ0) is 8.97. The van der Waals surface area contributed by atoms with E-state index in [1.165, 1.54) is 0 Å². The van der Waals surface area contributed by atoms with Gasteiger partial charge in [-0.2, -0.15) is 0 Å². The van der Waals surface area contributed by atoms with Gasteiger partial charge in [-0.05, 0) is 18.1 Å². The van der Waals surface area contributed by atoms with Crippen molar-refractivity contribution in [2.45, 2.75) is 20.3 Å². The van der Waals surface area contributed by atoms with E-state index >= 15 is 0 Å². The molecule has 0 saturated heterocycles. The lowest BCUT2D eigenvalue weighted by atomic mass is 10.1. The Morgan fingerprint density at radius 1 is 1.50 bits per heavy atom. The van der Waals surface area contributed by atoms with Crippen LogP contribution in [-0.4, -0.2) is 10.8 Å². The SMILES string of the molecule is CC(C)CC(=O)c1ccccn1. The zero-order valence-corrected chi connectivity index (χ0v) is 7.45. The number of hydrogen-bond acceptors (Lipinski definition) is 2. The second kappa shape index (κ2) is 4.00. The fourth-order valence-electron chi connectivity index (χ4n) is 1.00. The molecular formula is C10H13NO. The van der Waals surface area contributed by atoms with E-state index in [4.69, 9.17) is 0 Å². The molecule has 1 heterocycles. The molecule has 64 valence electrons. The molecule has 0 saturated carbocycles. The first kappa shape index (κ1) is 8.91. The van der Waals surface area contributed by atoms with E-state index in [9.17, 15) is 4.79 Å². The summed E-state index contributed by atoms with van der Waals surface area (Å²) in [6, 6.07) is 5.40. The van der Waals surface area contributed by atoms with Crippen LogP contribution in [-0.2, 0) is 0 Å². The number of nitrogens with zero attached hydrogens (tertiary/aromatic N) is 1. The van der Waals surface area contributed by atoms with Crippen molar-refractivity contribution >= 4 is 5.78 Å². The van der Waals surface area contributed by atoms with Crippen LogP contribution in [0.4, 0.5) is 0 Å². The number of carbonyl (C=O) groups is 1. The topological polar surface area (TPSA) is 30.0 Å². The van der Waals surface area contributed by atoms with E-state index in [1.54, 1.807) is 12.3 Å². The molecule has 0 unspecified atom stereocenters. The Morgan fingerprint density at radius 3 is 2.75 bits per heavy atom. The van der Waals surface area contributed by atoms with Crippen molar-refractivity contribution < 1.29 is 4.79 Å². The fourth-order valence-corrected chi connectivity index (χ4v) is 1.00. The van der Waals surface area contributed by atoms with Gasteiger partial charge in [-0.15, -0.1) is 0 Å². The van der Waals surface area contributed by atoms with Crippen molar-refractivity contribution in [2.24, 2.45) is 5.92 Å². The molecule has 0 amide bonds. The third kappa shape index (κ3) is 2.46. The number of rotatable bonds is 3. The lowest BCUT2D eigenvalue weighted by Crippen LogP contribution is -2.04. The van der Waals surface area contributed by atoms with Crippen molar-refractivity contribution in [2.75, 3.05) is 0 Å². The Labute approximate surface area is 72.6 Å². The second-order valence-corrected chi connectivity index (χ2v) is 3.24. The summed E-state index contributed by atoms with van der Waals surface area (Å²) >= 11 is 0. The third-order valence-corrected chi connectivity index (χ3v) is 1.54. The highest BCUT2D eigenvalue weighted by molar-refractivity contribution is 5.94. The molecule has 0 aliphatic heterocycles. The minimum Gasteiger partial charge on any atom is -0.292 e. The first-order valence-electron chi connectivity index (χ1n) is 4.14. The third-order valence-electron chi connectivity index (χ3n) is 1.54. The van der Waals surface area contributed by atoms with E-state index in [2.05, 4.69) is 4.98 Å². The van der Waals surface area contributed by atoms with Crippen LogP contribution < -0.4 is 0 Å². The molecule has 1 rings (SSSR count). The summed E-state index contributed by atoms with van der Waals surface area (Å²) in [4.78, 5) is 15.4. The van der Waals surface area contributed by atoms with Gasteiger partial charge < -0.3 is 0 Å². The molecule has 0 aliphatic carbocycles. The molecule has 0 atom stereocenters. The van der Waals surface area contributed by atoms with Crippen LogP contribution in [0.5, 0.6) is 0 Å². The highest BCUT2D eigenvalue weighted by Gasteiger charge is 2.07. The van der Waals surface area contributed by atoms with E-state index < -0.39 is 0 Å². The van der Waals surface area contributed by atoms with Crippen molar-refractivity contribution in [1.82, 2.24) is 4.98 Å². The molecule has 0 spiro atoms. The summed E-state index contributed by atoms with van der Waals surface area (Å²) in [6.07, 6.45) is 2.23. The number of ketones is 1. The summed E-state index contributed by atoms with van der Waals surface area (Å²) in [7, 11) is 0. The molecule has 2 nitrogen and oxygen atoms in total. The van der Waals surface area contributed by atoms with Crippen molar-refractivity contribution in [3.8, 4) is 0 Å². The van der Waals surface area contributed by atoms with Crippen molar-refractivity contribution in [3.63, 3.8) is 0 Å². The molecule has 0 aliphatic rings. The minimum absolute atomic E-state index is 0.130. The average Bonchev–Trinajstić information content (AvgIpc) is 2.05. The molecular weight excluding hydrogens is 150 g/mol. The largest absolute Gasteiger partial charge is 0.292 e. The van der Waals surface area contributed by atoms with Gasteiger partial charge in [0.1, 0.15) is 5.69 Å². The second-order valence-electron chi connectivity index (χ2n) is 3.24. The van der Waals surface area contributed by atoms with Crippen LogP contribution in [0.2, 0.25) is 0 Å². The van der Waals surface area contributed by atoms with Crippen LogP contribution >= 0.6 is 0 Å². The number of Topliss-reactive ketones (excluding diaryl/α,β-unsaturated/α-hetero) is 1. The predicted molar refractivity (Wildman–Crippen MR) is 48.0 cm³/mol. The van der Waals surface area contributed by atoms with Crippen LogP contribution in [0.3, 0.4) is 0 Å². The molecule has 0 aromatic carbocycles. The van der Waals surface area contributed by atoms with Gasteiger partial charge in [-0.1, -0.05) is 19.9 Å². The molecule has 0 radical (unpaired) electrons. The summed E-state index contributed by atoms with van der Waals surface area (Å²) in [6.45, 7) is 4.06. The normalized spacial score (nSPS) is 10.2. The Hall–Kier alpha value is -1.18. The summed E-state index contributed by atoms with van der Waals surface area (Å²) in [5.41, 5.74) is 0.575. The highest BCUT2D eigenvalue weighted by atomic mass is 16.1. The first-order valence-corrected chi connectivity index (χ1v) is 4.14. The highest BCUT2D eigenvalue weighted by Crippen LogP contribution is 2.05. The predicted octanol–water partition coefficient (Wildman–Crippen LogP) is 2.31. The van der Waals surface area contributed by atoms with Crippen LogP contribution in [0.1, 0.15) is 30.8 Å². The summed E-state index contributed by atoms with van der Waals surface area (Å²) in [5.74, 6) is 0.533. The fraction of sp³-hybridized carbons (Fsp3) is 0.400. The molecule has 2 heteroatoms. The zero-order valence-electron chi connectivity index (χ0n) is 7.45. The summed E-state index contributed by atoms with van der Waals surface area (Å²) in [5, 5.41) is 0. The summed E-state index contributed by atoms with van der Waals surface area (Å²) < 4.78 is 0. The van der Waals surface area contributed by atoms with E-state index in [1.807, 2.05) is 26.0 Å². The Morgan fingerprint density at radius 2 is 2.25 bits per heavy atom.